The summed E-state index contributed by atoms with van der Waals surface area (Å²) in [5, 5.41) is 12.6. The van der Waals surface area contributed by atoms with Gasteiger partial charge in [0.25, 0.3) is 5.82 Å². The van der Waals surface area contributed by atoms with Gasteiger partial charge in [0.2, 0.25) is 11.8 Å². The van der Waals surface area contributed by atoms with Crippen molar-refractivity contribution in [3.8, 4) is 0 Å². The predicted octanol–water partition coefficient (Wildman–Crippen LogP) is 3.15. The Kier molecular flexibility index (Phi) is 8.37. The number of hydrogen-bond acceptors (Lipinski definition) is 7. The minimum absolute atomic E-state index is 0.0152. The Morgan fingerprint density at radius 3 is 2.77 bits per heavy atom. The third-order valence-corrected chi connectivity index (χ3v) is 5.70. The van der Waals surface area contributed by atoms with Crippen LogP contribution in [-0.4, -0.2) is 44.8 Å². The second-order valence-corrected chi connectivity index (χ2v) is 7.73. The molecule has 9 heteroatoms. The minimum Gasteiger partial charge on any atom is -0.338 e. The van der Waals surface area contributed by atoms with Crippen molar-refractivity contribution in [3.05, 3.63) is 11.7 Å². The standard InChI is InChI=1S/C17H28N4O4S/c1-21(26-2)17(23)15-18-16(25-20-15)13(11-14(22)19-24)10-6-9-12-7-4-3-5-8-12/h12-13,24H,3-11H2,1-2H3,(H,19,22). The fraction of sp³-hybridized carbons (Fsp3) is 0.765. The van der Waals surface area contributed by atoms with Crippen molar-refractivity contribution >= 4 is 23.8 Å². The van der Waals surface area contributed by atoms with Crippen molar-refractivity contribution in [2.45, 2.75) is 63.7 Å². The second kappa shape index (κ2) is 10.5. The maximum absolute atomic E-state index is 12.1. The molecule has 2 rings (SSSR count). The van der Waals surface area contributed by atoms with Gasteiger partial charge in [-0.05, 0) is 12.3 Å². The first-order chi connectivity index (χ1) is 12.5. The van der Waals surface area contributed by atoms with E-state index in [0.29, 0.717) is 6.42 Å². The van der Waals surface area contributed by atoms with Crippen LogP contribution >= 0.6 is 11.9 Å². The maximum atomic E-state index is 12.1. The summed E-state index contributed by atoms with van der Waals surface area (Å²) in [6.07, 6.45) is 11.1. The van der Waals surface area contributed by atoms with Gasteiger partial charge < -0.3 is 4.52 Å². The lowest BCUT2D eigenvalue weighted by Gasteiger charge is -2.22. The molecular formula is C17H28N4O4S. The Morgan fingerprint density at radius 1 is 1.38 bits per heavy atom. The second-order valence-electron chi connectivity index (χ2n) is 6.81. The summed E-state index contributed by atoms with van der Waals surface area (Å²) in [6.45, 7) is 0. The normalized spacial score (nSPS) is 16.3. The molecule has 1 aromatic rings. The first kappa shape index (κ1) is 20.7. The molecule has 1 aliphatic carbocycles. The van der Waals surface area contributed by atoms with E-state index >= 15 is 0 Å². The van der Waals surface area contributed by atoms with Crippen molar-refractivity contribution in [1.29, 1.82) is 0 Å². The van der Waals surface area contributed by atoms with Gasteiger partial charge in [0, 0.05) is 25.6 Å². The van der Waals surface area contributed by atoms with Gasteiger partial charge in [0.1, 0.15) is 0 Å². The fourth-order valence-corrected chi connectivity index (χ4v) is 3.67. The van der Waals surface area contributed by atoms with Crippen molar-refractivity contribution in [3.63, 3.8) is 0 Å². The molecule has 0 bridgehead atoms. The van der Waals surface area contributed by atoms with Crippen molar-refractivity contribution in [2.24, 2.45) is 5.92 Å². The van der Waals surface area contributed by atoms with E-state index in [4.69, 9.17) is 9.73 Å². The average Bonchev–Trinajstić information content (AvgIpc) is 3.16. The Labute approximate surface area is 158 Å². The molecule has 0 aromatic carbocycles. The number of hydrogen-bond donors (Lipinski definition) is 2. The molecule has 1 unspecified atom stereocenters. The Morgan fingerprint density at radius 2 is 2.12 bits per heavy atom. The van der Waals surface area contributed by atoms with E-state index in [1.807, 2.05) is 0 Å². The number of hydroxylamine groups is 1. The molecule has 1 fully saturated rings. The van der Waals surface area contributed by atoms with Crippen molar-refractivity contribution in [1.82, 2.24) is 19.9 Å². The molecule has 2 N–H and O–H groups in total. The Bertz CT molecular complexity index is 589. The quantitative estimate of drug-likeness (QED) is 0.382. The van der Waals surface area contributed by atoms with Gasteiger partial charge in [0.15, 0.2) is 0 Å². The highest BCUT2D eigenvalue weighted by atomic mass is 32.2. The molecule has 0 radical (unpaired) electrons. The van der Waals surface area contributed by atoms with Crippen LogP contribution in [0.5, 0.6) is 0 Å². The summed E-state index contributed by atoms with van der Waals surface area (Å²) in [6, 6.07) is 0. The monoisotopic (exact) mass is 384 g/mol. The first-order valence-corrected chi connectivity index (χ1v) is 10.3. The van der Waals surface area contributed by atoms with E-state index in [0.717, 1.165) is 18.8 Å². The third kappa shape index (κ3) is 5.98. The number of nitrogens with one attached hydrogen (secondary N) is 1. The van der Waals surface area contributed by atoms with Gasteiger partial charge >= 0.3 is 5.91 Å². The van der Waals surface area contributed by atoms with E-state index in [9.17, 15) is 9.59 Å². The van der Waals surface area contributed by atoms with E-state index in [2.05, 4.69) is 10.1 Å². The molecule has 146 valence electrons. The molecule has 1 saturated carbocycles. The molecule has 8 nitrogen and oxygen atoms in total. The van der Waals surface area contributed by atoms with E-state index in [1.165, 1.54) is 48.4 Å². The summed E-state index contributed by atoms with van der Waals surface area (Å²) < 4.78 is 6.66. The number of carbonyl (C=O) groups is 2. The molecule has 1 aromatic heterocycles. The molecule has 1 aliphatic rings. The van der Waals surface area contributed by atoms with Gasteiger partial charge in [-0.15, -0.1) is 0 Å². The number of carbonyl (C=O) groups excluding carboxylic acids is 2. The molecule has 2 amide bonds. The zero-order valence-corrected chi connectivity index (χ0v) is 16.3. The SMILES string of the molecule is CSN(C)C(=O)c1noc(C(CCCC2CCCCC2)CC(=O)NO)n1. The summed E-state index contributed by atoms with van der Waals surface area (Å²) in [4.78, 5) is 27.9. The van der Waals surface area contributed by atoms with Gasteiger partial charge in [-0.25, -0.2) is 5.48 Å². The Balaban J connectivity index is 1.98. The topological polar surface area (TPSA) is 109 Å². The van der Waals surface area contributed by atoms with Crippen LogP contribution in [0.25, 0.3) is 0 Å². The third-order valence-electron chi connectivity index (χ3n) is 4.99. The number of rotatable bonds is 9. The van der Waals surface area contributed by atoms with Gasteiger partial charge in [0.05, 0.1) is 0 Å². The van der Waals surface area contributed by atoms with Gasteiger partial charge in [-0.3, -0.25) is 19.1 Å². The van der Waals surface area contributed by atoms with Crippen LogP contribution in [0.4, 0.5) is 0 Å². The highest BCUT2D eigenvalue weighted by molar-refractivity contribution is 7.96. The molecule has 1 heterocycles. The zero-order valence-electron chi connectivity index (χ0n) is 15.4. The summed E-state index contributed by atoms with van der Waals surface area (Å²) >= 11 is 1.25. The van der Waals surface area contributed by atoms with Crippen LogP contribution in [-0.2, 0) is 4.79 Å². The number of amides is 2. The fourth-order valence-electron chi connectivity index (χ4n) is 3.42. The molecule has 0 saturated heterocycles. The van der Waals surface area contributed by atoms with Crippen LogP contribution in [0, 0.1) is 5.92 Å². The average molecular weight is 385 g/mol. The lowest BCUT2D eigenvalue weighted by molar-refractivity contribution is -0.129. The van der Waals surface area contributed by atoms with Crippen LogP contribution < -0.4 is 5.48 Å². The first-order valence-electron chi connectivity index (χ1n) is 9.13. The lowest BCUT2D eigenvalue weighted by atomic mass is 9.84. The van der Waals surface area contributed by atoms with Crippen LogP contribution in [0.3, 0.4) is 0 Å². The highest BCUT2D eigenvalue weighted by Gasteiger charge is 2.26. The van der Waals surface area contributed by atoms with Crippen molar-refractivity contribution in [2.75, 3.05) is 13.3 Å². The molecule has 1 atom stereocenters. The summed E-state index contributed by atoms with van der Waals surface area (Å²) in [5.41, 5.74) is 1.65. The molecule has 26 heavy (non-hydrogen) atoms. The molecule has 0 spiro atoms. The van der Waals surface area contributed by atoms with E-state index in [1.54, 1.807) is 18.8 Å². The van der Waals surface area contributed by atoms with E-state index < -0.39 is 5.91 Å². The lowest BCUT2D eigenvalue weighted by Crippen LogP contribution is -2.22. The Hall–Kier alpha value is -1.61. The molecule has 0 aliphatic heterocycles. The maximum Gasteiger partial charge on any atom is 0.304 e. The number of aromatic nitrogens is 2. The zero-order chi connectivity index (χ0) is 18.9. The largest absolute Gasteiger partial charge is 0.338 e. The summed E-state index contributed by atoms with van der Waals surface area (Å²) in [5.74, 6) is -0.140. The van der Waals surface area contributed by atoms with Gasteiger partial charge in [-0.1, -0.05) is 62.1 Å². The van der Waals surface area contributed by atoms with Crippen LogP contribution in [0.15, 0.2) is 4.52 Å². The minimum atomic E-state index is -0.500. The van der Waals surface area contributed by atoms with E-state index in [-0.39, 0.29) is 30.0 Å². The number of nitrogens with zero attached hydrogens (tertiary/aromatic N) is 3. The smallest absolute Gasteiger partial charge is 0.304 e. The van der Waals surface area contributed by atoms with Crippen LogP contribution in [0.1, 0.15) is 80.2 Å². The highest BCUT2D eigenvalue weighted by Crippen LogP contribution is 2.31. The predicted molar refractivity (Wildman–Crippen MR) is 97.6 cm³/mol. The molecular weight excluding hydrogens is 356 g/mol. The summed E-state index contributed by atoms with van der Waals surface area (Å²) in [7, 11) is 1.63. The van der Waals surface area contributed by atoms with Crippen molar-refractivity contribution < 1.29 is 19.3 Å². The van der Waals surface area contributed by atoms with Crippen LogP contribution in [0.2, 0.25) is 0 Å². The van der Waals surface area contributed by atoms with Gasteiger partial charge in [-0.2, -0.15) is 4.98 Å².